The van der Waals surface area contributed by atoms with Gasteiger partial charge >= 0.3 is 5.97 Å². The molecule has 1 amide bonds. The summed E-state index contributed by atoms with van der Waals surface area (Å²) in [6.07, 6.45) is 2.21. The van der Waals surface area contributed by atoms with Crippen LogP contribution in [0.25, 0.3) is 39.0 Å². The van der Waals surface area contributed by atoms with E-state index in [0.717, 1.165) is 29.0 Å². The Morgan fingerprint density at radius 2 is 1.77 bits per heavy atom. The Kier molecular flexibility index (Phi) is 10.5. The number of carbonyl (C=O) groups excluding carboxylic acids is 1. The van der Waals surface area contributed by atoms with Crippen LogP contribution in [0.15, 0.2) is 86.9 Å². The first-order valence-corrected chi connectivity index (χ1v) is 17.5. The van der Waals surface area contributed by atoms with Crippen molar-refractivity contribution in [3.8, 4) is 28.5 Å². The average molecular weight is 770 g/mol. The van der Waals surface area contributed by atoms with Gasteiger partial charge in [0.2, 0.25) is 11.3 Å². The number of amides is 1. The maximum Gasteiger partial charge on any atom is 0.341 e. The van der Waals surface area contributed by atoms with Crippen LogP contribution in [-0.4, -0.2) is 66.4 Å². The summed E-state index contributed by atoms with van der Waals surface area (Å²) in [6.45, 7) is 1.20. The van der Waals surface area contributed by atoms with Crippen LogP contribution in [0.2, 0.25) is 0 Å². The number of carboxylic acid groups (broad SMARTS) is 1. The second-order valence-corrected chi connectivity index (χ2v) is 13.1. The van der Waals surface area contributed by atoms with Crippen molar-refractivity contribution in [2.24, 2.45) is 0 Å². The molecule has 0 aliphatic carbocycles. The molecule has 56 heavy (non-hydrogen) atoms. The molecule has 1 aliphatic heterocycles. The minimum absolute atomic E-state index is 0.0917. The Balaban J connectivity index is 0.960. The maximum atomic E-state index is 15.5. The van der Waals surface area contributed by atoms with E-state index in [0.29, 0.717) is 78.0 Å². The van der Waals surface area contributed by atoms with Gasteiger partial charge in [-0.1, -0.05) is 0 Å². The topological polar surface area (TPSA) is 165 Å². The third-order valence-corrected chi connectivity index (χ3v) is 9.49. The zero-order chi connectivity index (χ0) is 39.7. The number of hydrogen-bond acceptors (Lipinski definition) is 10. The van der Waals surface area contributed by atoms with Crippen molar-refractivity contribution in [2.75, 3.05) is 44.1 Å². The van der Waals surface area contributed by atoms with Crippen molar-refractivity contribution < 1.29 is 41.8 Å². The third kappa shape index (κ3) is 7.50. The van der Waals surface area contributed by atoms with Crippen molar-refractivity contribution >= 4 is 45.4 Å². The van der Waals surface area contributed by atoms with E-state index < -0.39 is 34.4 Å². The number of methoxy groups -OCH3 is 2. The summed E-state index contributed by atoms with van der Waals surface area (Å²) in [7, 11) is 2.96. The predicted molar refractivity (Wildman–Crippen MR) is 202 cm³/mol. The number of nitrogens with one attached hydrogen (secondary N) is 2. The summed E-state index contributed by atoms with van der Waals surface area (Å²) in [4.78, 5) is 56.4. The summed E-state index contributed by atoms with van der Waals surface area (Å²) in [5.74, 6) is -3.54. The Labute approximate surface area is 315 Å². The molecule has 0 saturated carbocycles. The van der Waals surface area contributed by atoms with E-state index in [1.54, 1.807) is 41.3 Å². The highest BCUT2D eigenvalue weighted by Crippen LogP contribution is 2.32. The fraction of sp³-hybridized carbons (Fsp3) is 0.225. The first kappa shape index (κ1) is 37.6. The van der Waals surface area contributed by atoms with E-state index in [1.807, 2.05) is 0 Å². The van der Waals surface area contributed by atoms with Crippen molar-refractivity contribution in [2.45, 2.75) is 25.3 Å². The Bertz CT molecular complexity index is 2630. The lowest BCUT2D eigenvalue weighted by Gasteiger charge is -2.20. The molecule has 0 spiro atoms. The Morgan fingerprint density at radius 1 is 0.982 bits per heavy atom. The van der Waals surface area contributed by atoms with Gasteiger partial charge in [-0.2, -0.15) is 0 Å². The van der Waals surface area contributed by atoms with Gasteiger partial charge in [-0.3, -0.25) is 19.0 Å². The SMILES string of the molecule is COc1cc(OC)c2c(=O)cc(-c3ccc(NC(=O)CCCNC4CCN(c5nc6c(cc5F)c(=O)c(C(=O)O)cn6-c5ccc(F)cc5F)C4)cc3)oc2c1. The molecule has 1 fully saturated rings. The second-order valence-electron chi connectivity index (χ2n) is 13.1. The smallest absolute Gasteiger partial charge is 0.341 e. The number of benzene rings is 3. The Hall–Kier alpha value is -6.68. The molecule has 6 aromatic rings. The standard InChI is InChI=1S/C40H34F3N5O8/c1-54-25-15-33(55-2)36-31(49)18-32(56-34(36)16-25)21-5-8-23(9-6-21)45-35(50)4-3-12-44-24-11-13-47(19-24)39-29(43)17-26-37(51)27(40(52)53)20-48(38(26)46-39)30-10-7-22(41)14-28(30)42/h5-10,14-18,20,24,44H,3-4,11-13,19H2,1-2H3,(H,45,50)(H,52,53). The molecule has 13 nitrogen and oxygen atoms in total. The van der Waals surface area contributed by atoms with E-state index in [9.17, 15) is 33.1 Å². The van der Waals surface area contributed by atoms with E-state index in [1.165, 1.54) is 20.3 Å². The number of nitrogens with zero attached hydrogens (tertiary/aromatic N) is 3. The molecule has 3 aromatic carbocycles. The number of fused-ring (bicyclic) bond motifs is 2. The number of anilines is 2. The van der Waals surface area contributed by atoms with Crippen molar-refractivity contribution in [3.63, 3.8) is 0 Å². The van der Waals surface area contributed by atoms with Gasteiger partial charge in [0.25, 0.3) is 0 Å². The number of hydrogen-bond donors (Lipinski definition) is 3. The summed E-state index contributed by atoms with van der Waals surface area (Å²) in [5, 5.41) is 15.7. The van der Waals surface area contributed by atoms with Crippen LogP contribution in [0.4, 0.5) is 24.7 Å². The molecule has 0 radical (unpaired) electrons. The van der Waals surface area contributed by atoms with Gasteiger partial charge in [-0.05, 0) is 61.9 Å². The Morgan fingerprint density at radius 3 is 2.48 bits per heavy atom. The van der Waals surface area contributed by atoms with E-state index >= 15 is 4.39 Å². The maximum absolute atomic E-state index is 15.5. The molecular formula is C40H34F3N5O8. The highest BCUT2D eigenvalue weighted by Gasteiger charge is 2.28. The zero-order valence-corrected chi connectivity index (χ0v) is 30.0. The summed E-state index contributed by atoms with van der Waals surface area (Å²) >= 11 is 0. The third-order valence-electron chi connectivity index (χ3n) is 9.49. The van der Waals surface area contributed by atoms with Gasteiger partial charge in [-0.15, -0.1) is 0 Å². The summed E-state index contributed by atoms with van der Waals surface area (Å²) in [5.41, 5.74) is -0.980. The molecule has 1 aliphatic rings. The largest absolute Gasteiger partial charge is 0.496 e. The minimum atomic E-state index is -1.60. The molecular weight excluding hydrogens is 735 g/mol. The first-order chi connectivity index (χ1) is 26.9. The van der Waals surface area contributed by atoms with Crippen LogP contribution in [0, 0.1) is 17.5 Å². The lowest BCUT2D eigenvalue weighted by atomic mass is 10.1. The van der Waals surface area contributed by atoms with Crippen LogP contribution in [0.3, 0.4) is 0 Å². The molecule has 7 rings (SSSR count). The van der Waals surface area contributed by atoms with Gasteiger partial charge in [-0.25, -0.2) is 22.9 Å². The number of carboxylic acids is 1. The zero-order valence-electron chi connectivity index (χ0n) is 30.0. The van der Waals surface area contributed by atoms with Crippen molar-refractivity contribution in [1.29, 1.82) is 0 Å². The molecule has 1 atom stereocenters. The second kappa shape index (κ2) is 15.6. The van der Waals surface area contributed by atoms with Crippen LogP contribution < -0.4 is 35.9 Å². The molecule has 16 heteroatoms. The van der Waals surface area contributed by atoms with Gasteiger partial charge < -0.3 is 34.5 Å². The van der Waals surface area contributed by atoms with E-state index in [2.05, 4.69) is 15.6 Å². The molecule has 288 valence electrons. The molecule has 4 heterocycles. The van der Waals surface area contributed by atoms with Gasteiger partial charge in [0.05, 0.1) is 25.3 Å². The normalized spacial score (nSPS) is 14.0. The number of carbonyl (C=O) groups is 2. The van der Waals surface area contributed by atoms with Gasteiger partial charge in [0.15, 0.2) is 22.7 Å². The number of halogens is 3. The molecule has 1 unspecified atom stereocenters. The van der Waals surface area contributed by atoms with Gasteiger partial charge in [0.1, 0.15) is 45.4 Å². The van der Waals surface area contributed by atoms with Crippen LogP contribution >= 0.6 is 0 Å². The fourth-order valence-corrected chi connectivity index (χ4v) is 6.71. The number of aromatic nitrogens is 2. The molecule has 0 bridgehead atoms. The number of rotatable bonds is 12. The van der Waals surface area contributed by atoms with Crippen LogP contribution in [-0.2, 0) is 4.79 Å². The van der Waals surface area contributed by atoms with E-state index in [4.69, 9.17) is 13.9 Å². The number of aromatic carboxylic acids is 1. The lowest BCUT2D eigenvalue weighted by molar-refractivity contribution is -0.116. The highest BCUT2D eigenvalue weighted by molar-refractivity contribution is 5.93. The molecule has 1 saturated heterocycles. The highest BCUT2D eigenvalue weighted by atomic mass is 19.1. The molecule has 3 aromatic heterocycles. The van der Waals surface area contributed by atoms with E-state index in [-0.39, 0.29) is 46.3 Å². The minimum Gasteiger partial charge on any atom is -0.496 e. The quantitative estimate of drug-likeness (QED) is 0.127. The predicted octanol–water partition coefficient (Wildman–Crippen LogP) is 5.88. The van der Waals surface area contributed by atoms with Gasteiger partial charge in [0, 0.05) is 67.3 Å². The number of pyridine rings is 2. The lowest BCUT2D eigenvalue weighted by Crippen LogP contribution is -2.34. The van der Waals surface area contributed by atoms with Crippen LogP contribution in [0.5, 0.6) is 11.5 Å². The first-order valence-electron chi connectivity index (χ1n) is 17.5. The summed E-state index contributed by atoms with van der Waals surface area (Å²) < 4.78 is 61.6. The van der Waals surface area contributed by atoms with Crippen LogP contribution in [0.1, 0.15) is 29.6 Å². The number of ether oxygens (including phenoxy) is 2. The average Bonchev–Trinajstić information content (AvgIpc) is 3.65. The molecule has 3 N–H and O–H groups in total. The van der Waals surface area contributed by atoms with Crippen molar-refractivity contribution in [1.82, 2.24) is 14.9 Å². The monoisotopic (exact) mass is 769 g/mol. The van der Waals surface area contributed by atoms with Crippen molar-refractivity contribution in [3.05, 3.63) is 116 Å². The fourth-order valence-electron chi connectivity index (χ4n) is 6.71. The summed E-state index contributed by atoms with van der Waals surface area (Å²) in [6, 6.07) is 14.9.